The molecule has 2 heterocycles. The minimum atomic E-state index is -4.65. The van der Waals surface area contributed by atoms with Crippen molar-refractivity contribution >= 4 is 21.4 Å². The number of aryl methyl sites for hydroxylation is 1. The first-order valence-electron chi connectivity index (χ1n) is 8.06. The Bertz CT molecular complexity index is 1020. The smallest absolute Gasteiger partial charge is 0.829 e. The largest absolute Gasteiger partial charge is 1.00 e. The molecule has 0 saturated carbocycles. The Morgan fingerprint density at radius 2 is 1.83 bits per heavy atom. The van der Waals surface area contributed by atoms with Crippen LogP contribution in [0.15, 0.2) is 33.5 Å². The molecule has 1 fully saturated rings. The van der Waals surface area contributed by atoms with Crippen molar-refractivity contribution in [3.63, 3.8) is 0 Å². The molecular formula is C16H17NaO11S. The summed E-state index contributed by atoms with van der Waals surface area (Å²) in [6.45, 7) is 0.845. The van der Waals surface area contributed by atoms with Crippen LogP contribution >= 0.6 is 0 Å². The van der Waals surface area contributed by atoms with E-state index in [4.69, 9.17) is 13.3 Å². The third kappa shape index (κ3) is 5.55. The van der Waals surface area contributed by atoms with Gasteiger partial charge in [-0.15, -0.1) is 0 Å². The SMILES string of the molecule is Cc1cc(=O)oc2cc(OS(=O)(=O)OC[C@H]3O[C@@H]([O-])[C@H](O)[C@@H](O)[C@H]3O)ccc12.[Na+]. The van der Waals surface area contributed by atoms with Crippen LogP contribution in [0.1, 0.15) is 5.56 Å². The molecule has 0 amide bonds. The zero-order valence-electron chi connectivity index (χ0n) is 15.4. The Hall–Kier alpha value is -1.06. The zero-order chi connectivity index (χ0) is 20.6. The van der Waals surface area contributed by atoms with Crippen LogP contribution in [0.2, 0.25) is 0 Å². The minimum absolute atomic E-state index is 0. The summed E-state index contributed by atoms with van der Waals surface area (Å²) in [5.74, 6) is -0.205. The van der Waals surface area contributed by atoms with E-state index in [0.717, 1.165) is 0 Å². The fourth-order valence-corrected chi connectivity index (χ4v) is 3.39. The molecule has 0 bridgehead atoms. The molecule has 0 spiro atoms. The molecular weight excluding hydrogens is 423 g/mol. The van der Waals surface area contributed by atoms with E-state index >= 15 is 0 Å². The van der Waals surface area contributed by atoms with E-state index in [0.29, 0.717) is 10.9 Å². The topological polar surface area (TPSA) is 176 Å². The number of hydrogen-bond donors (Lipinski definition) is 3. The molecule has 0 unspecified atom stereocenters. The number of ether oxygens (including phenoxy) is 1. The van der Waals surface area contributed by atoms with Crippen LogP contribution in [0.25, 0.3) is 11.0 Å². The van der Waals surface area contributed by atoms with Gasteiger partial charge < -0.3 is 33.8 Å². The molecule has 2 aromatic rings. The van der Waals surface area contributed by atoms with Gasteiger partial charge in [0.1, 0.15) is 29.6 Å². The first kappa shape index (κ1) is 24.2. The van der Waals surface area contributed by atoms with Crippen LogP contribution in [-0.2, 0) is 19.3 Å². The van der Waals surface area contributed by atoms with Crippen molar-refractivity contribution in [1.82, 2.24) is 0 Å². The Labute approximate surface area is 187 Å². The molecule has 1 aliphatic heterocycles. The molecule has 3 N–H and O–H groups in total. The normalized spacial score (nSPS) is 27.4. The average Bonchev–Trinajstić information content (AvgIpc) is 2.61. The van der Waals surface area contributed by atoms with E-state index in [-0.39, 0.29) is 40.9 Å². The van der Waals surface area contributed by atoms with Gasteiger partial charge in [0.2, 0.25) is 0 Å². The quantitative estimate of drug-likeness (QED) is 0.299. The standard InChI is InChI=1S/C16H17O11S.Na/c1-7-4-12(17)25-10-5-8(2-3-9(7)10)27-28(22,23)24-6-11-13(18)14(19)15(20)16(21)26-11;/h2-5,11,13-16,18-20H,6H2,1H3;/q-1;+1/t11-,13+,14+,15-,16-;/m1./s1. The molecule has 5 atom stereocenters. The van der Waals surface area contributed by atoms with E-state index in [1.165, 1.54) is 24.3 Å². The summed E-state index contributed by atoms with van der Waals surface area (Å²) < 4.78 is 43.0. The van der Waals surface area contributed by atoms with E-state index < -0.39 is 53.3 Å². The van der Waals surface area contributed by atoms with Gasteiger partial charge in [0, 0.05) is 23.8 Å². The van der Waals surface area contributed by atoms with Gasteiger partial charge in [-0.25, -0.2) is 8.98 Å². The molecule has 1 saturated heterocycles. The second-order valence-electron chi connectivity index (χ2n) is 6.20. The molecule has 0 aliphatic carbocycles. The molecule has 13 heteroatoms. The number of benzene rings is 1. The van der Waals surface area contributed by atoms with Gasteiger partial charge in [-0.1, -0.05) is 0 Å². The first-order chi connectivity index (χ1) is 13.1. The summed E-state index contributed by atoms with van der Waals surface area (Å²) in [5, 5.41) is 40.6. The summed E-state index contributed by atoms with van der Waals surface area (Å²) in [6.07, 6.45) is -9.01. The second-order valence-corrected chi connectivity index (χ2v) is 7.42. The van der Waals surface area contributed by atoms with Gasteiger partial charge in [-0.3, -0.25) is 0 Å². The first-order valence-corrected chi connectivity index (χ1v) is 9.39. The number of hydrogen-bond acceptors (Lipinski definition) is 11. The van der Waals surface area contributed by atoms with E-state index in [1.807, 2.05) is 0 Å². The van der Waals surface area contributed by atoms with Crippen LogP contribution in [0.3, 0.4) is 0 Å². The number of fused-ring (bicyclic) bond motifs is 1. The van der Waals surface area contributed by atoms with Crippen LogP contribution in [-0.4, -0.2) is 61.1 Å². The maximum absolute atomic E-state index is 12.0. The second kappa shape index (κ2) is 9.39. The third-order valence-electron chi connectivity index (χ3n) is 4.17. The molecule has 1 aromatic heterocycles. The Morgan fingerprint density at radius 3 is 2.52 bits per heavy atom. The summed E-state index contributed by atoms with van der Waals surface area (Å²) in [5.41, 5.74) is 0.126. The van der Waals surface area contributed by atoms with Gasteiger partial charge in [-0.2, -0.15) is 8.42 Å². The average molecular weight is 440 g/mol. The fraction of sp³-hybridized carbons (Fsp3) is 0.438. The van der Waals surface area contributed by atoms with Crippen molar-refractivity contribution in [2.24, 2.45) is 0 Å². The van der Waals surface area contributed by atoms with E-state index in [1.54, 1.807) is 6.92 Å². The molecule has 1 aliphatic rings. The third-order valence-corrected chi connectivity index (χ3v) is 4.99. The molecule has 3 rings (SSSR count). The van der Waals surface area contributed by atoms with Gasteiger partial charge in [-0.05, 0) is 24.6 Å². The van der Waals surface area contributed by atoms with Crippen molar-refractivity contribution in [1.29, 1.82) is 0 Å². The zero-order valence-corrected chi connectivity index (χ0v) is 18.2. The summed E-state index contributed by atoms with van der Waals surface area (Å²) in [6, 6.07) is 5.28. The maximum atomic E-state index is 12.0. The Kier molecular flexibility index (Phi) is 7.84. The van der Waals surface area contributed by atoms with Crippen molar-refractivity contribution in [2.45, 2.75) is 37.6 Å². The summed E-state index contributed by atoms with van der Waals surface area (Å²) in [4.78, 5) is 11.4. The summed E-state index contributed by atoms with van der Waals surface area (Å²) in [7, 11) is -4.65. The monoisotopic (exact) mass is 440 g/mol. The van der Waals surface area contributed by atoms with Crippen molar-refractivity contribution in [3.05, 3.63) is 40.2 Å². The van der Waals surface area contributed by atoms with Crippen molar-refractivity contribution in [3.8, 4) is 5.75 Å². The Balaban J connectivity index is 0.00000300. The van der Waals surface area contributed by atoms with Crippen LogP contribution in [0.4, 0.5) is 0 Å². The predicted octanol–water partition coefficient (Wildman–Crippen LogP) is -5.09. The molecule has 11 nitrogen and oxygen atoms in total. The van der Waals surface area contributed by atoms with Crippen LogP contribution in [0.5, 0.6) is 5.75 Å². The predicted molar refractivity (Wildman–Crippen MR) is 89.4 cm³/mol. The van der Waals surface area contributed by atoms with E-state index in [2.05, 4.69) is 4.18 Å². The van der Waals surface area contributed by atoms with Crippen molar-refractivity contribution < 1.29 is 75.9 Å². The molecule has 1 aromatic carbocycles. The minimum Gasteiger partial charge on any atom is -0.829 e. The van der Waals surface area contributed by atoms with Crippen LogP contribution < -0.4 is 44.5 Å². The number of aliphatic hydroxyl groups is 3. The van der Waals surface area contributed by atoms with Gasteiger partial charge in [0.25, 0.3) is 0 Å². The van der Waals surface area contributed by atoms with E-state index in [9.17, 15) is 33.6 Å². The Morgan fingerprint density at radius 1 is 1.14 bits per heavy atom. The van der Waals surface area contributed by atoms with Gasteiger partial charge >= 0.3 is 45.6 Å². The number of aliphatic hydroxyl groups excluding tert-OH is 3. The van der Waals surface area contributed by atoms with Gasteiger partial charge in [0.05, 0.1) is 12.7 Å². The van der Waals surface area contributed by atoms with Crippen molar-refractivity contribution in [2.75, 3.05) is 6.61 Å². The fourth-order valence-electron chi connectivity index (χ4n) is 2.70. The molecule has 0 radical (unpaired) electrons. The molecule has 154 valence electrons. The number of rotatable bonds is 5. The van der Waals surface area contributed by atoms with Gasteiger partial charge in [0.15, 0.2) is 0 Å². The summed E-state index contributed by atoms with van der Waals surface area (Å²) >= 11 is 0. The maximum Gasteiger partial charge on any atom is 1.00 e. The molecule has 29 heavy (non-hydrogen) atoms. The van der Waals surface area contributed by atoms with Crippen LogP contribution in [0, 0.1) is 6.92 Å².